The Hall–Kier alpha value is -3.80. The Labute approximate surface area is 173 Å². The van der Waals surface area contributed by atoms with Gasteiger partial charge in [0.1, 0.15) is 16.9 Å². The number of hydrogen-bond donors (Lipinski definition) is 1. The lowest BCUT2D eigenvalue weighted by Gasteiger charge is -2.11. The number of rotatable bonds is 6. The van der Waals surface area contributed by atoms with Crippen molar-refractivity contribution in [2.24, 2.45) is 0 Å². The summed E-state index contributed by atoms with van der Waals surface area (Å²) >= 11 is 0. The smallest absolute Gasteiger partial charge is 0.310 e. The Morgan fingerprint density at radius 2 is 1.73 bits per heavy atom. The molecule has 0 aliphatic carbocycles. The average molecular weight is 403 g/mol. The van der Waals surface area contributed by atoms with Gasteiger partial charge in [-0.2, -0.15) is 0 Å². The number of aryl methyl sites for hydroxylation is 1. The van der Waals surface area contributed by atoms with E-state index in [1.165, 1.54) is 7.11 Å². The van der Waals surface area contributed by atoms with Gasteiger partial charge in [0.25, 0.3) is 5.91 Å². The van der Waals surface area contributed by atoms with E-state index >= 15 is 0 Å². The number of esters is 1. The SMILES string of the molecule is COc1cc2c(cc1NC(=O)COC(=O)Cc1ccccc1C)oc1ccccc12. The van der Waals surface area contributed by atoms with Crippen LogP contribution in [0.1, 0.15) is 11.1 Å². The molecule has 4 aromatic rings. The van der Waals surface area contributed by atoms with Crippen molar-refractivity contribution in [2.45, 2.75) is 13.3 Å². The lowest BCUT2D eigenvalue weighted by atomic mass is 10.1. The highest BCUT2D eigenvalue weighted by Gasteiger charge is 2.15. The topological polar surface area (TPSA) is 77.8 Å². The molecule has 0 aliphatic heterocycles. The number of furan rings is 1. The van der Waals surface area contributed by atoms with E-state index in [0.717, 1.165) is 27.5 Å². The van der Waals surface area contributed by atoms with Crippen LogP contribution in [-0.4, -0.2) is 25.6 Å². The van der Waals surface area contributed by atoms with Gasteiger partial charge in [-0.1, -0.05) is 42.5 Å². The Morgan fingerprint density at radius 3 is 2.53 bits per heavy atom. The highest BCUT2D eigenvalue weighted by molar-refractivity contribution is 6.07. The van der Waals surface area contributed by atoms with Crippen LogP contribution in [0, 0.1) is 6.92 Å². The minimum Gasteiger partial charge on any atom is -0.495 e. The van der Waals surface area contributed by atoms with Crippen LogP contribution in [0.4, 0.5) is 5.69 Å². The van der Waals surface area contributed by atoms with E-state index in [4.69, 9.17) is 13.9 Å². The minimum absolute atomic E-state index is 0.119. The van der Waals surface area contributed by atoms with E-state index in [0.29, 0.717) is 17.0 Å². The summed E-state index contributed by atoms with van der Waals surface area (Å²) in [6.07, 6.45) is 0.119. The highest BCUT2D eigenvalue weighted by atomic mass is 16.5. The third-order valence-electron chi connectivity index (χ3n) is 4.93. The van der Waals surface area contributed by atoms with E-state index in [1.54, 1.807) is 6.07 Å². The number of methoxy groups -OCH3 is 1. The van der Waals surface area contributed by atoms with Gasteiger partial charge in [0.15, 0.2) is 6.61 Å². The molecule has 6 nitrogen and oxygen atoms in total. The summed E-state index contributed by atoms with van der Waals surface area (Å²) in [4.78, 5) is 24.4. The van der Waals surface area contributed by atoms with E-state index < -0.39 is 11.9 Å². The molecule has 152 valence electrons. The van der Waals surface area contributed by atoms with Gasteiger partial charge in [0.2, 0.25) is 0 Å². The molecule has 0 atom stereocenters. The van der Waals surface area contributed by atoms with Crippen LogP contribution >= 0.6 is 0 Å². The van der Waals surface area contributed by atoms with Crippen LogP contribution in [-0.2, 0) is 20.7 Å². The maximum Gasteiger partial charge on any atom is 0.310 e. The number of para-hydroxylation sites is 1. The van der Waals surface area contributed by atoms with Crippen LogP contribution in [0.25, 0.3) is 21.9 Å². The predicted molar refractivity (Wildman–Crippen MR) is 115 cm³/mol. The normalized spacial score (nSPS) is 10.9. The van der Waals surface area contributed by atoms with Crippen LogP contribution in [0.3, 0.4) is 0 Å². The van der Waals surface area contributed by atoms with E-state index in [9.17, 15) is 9.59 Å². The zero-order valence-corrected chi connectivity index (χ0v) is 16.7. The summed E-state index contributed by atoms with van der Waals surface area (Å²) in [6.45, 7) is 1.54. The molecule has 0 spiro atoms. The van der Waals surface area contributed by atoms with Crippen molar-refractivity contribution in [2.75, 3.05) is 19.0 Å². The summed E-state index contributed by atoms with van der Waals surface area (Å²) in [6, 6.07) is 18.8. The van der Waals surface area contributed by atoms with Gasteiger partial charge in [-0.25, -0.2) is 0 Å². The first-order chi connectivity index (χ1) is 14.5. The monoisotopic (exact) mass is 403 g/mol. The molecule has 4 rings (SSSR count). The number of amides is 1. The van der Waals surface area contributed by atoms with Gasteiger partial charge in [0, 0.05) is 16.8 Å². The Bertz CT molecular complexity index is 1240. The maximum absolute atomic E-state index is 12.3. The molecule has 0 saturated heterocycles. The predicted octanol–water partition coefficient (Wildman–Crippen LogP) is 4.63. The van der Waals surface area contributed by atoms with Crippen molar-refractivity contribution in [1.29, 1.82) is 0 Å². The number of fused-ring (bicyclic) bond motifs is 3. The number of hydrogen-bond acceptors (Lipinski definition) is 5. The zero-order valence-electron chi connectivity index (χ0n) is 16.7. The molecule has 0 unspecified atom stereocenters. The molecule has 30 heavy (non-hydrogen) atoms. The number of ether oxygens (including phenoxy) is 2. The lowest BCUT2D eigenvalue weighted by Crippen LogP contribution is -2.22. The third-order valence-corrected chi connectivity index (χ3v) is 4.93. The van der Waals surface area contributed by atoms with Crippen molar-refractivity contribution in [3.05, 3.63) is 71.8 Å². The largest absolute Gasteiger partial charge is 0.495 e. The molecular formula is C24H21NO5. The van der Waals surface area contributed by atoms with Gasteiger partial charge < -0.3 is 19.2 Å². The standard InChI is InChI=1S/C24H21NO5/c1-15-7-3-4-8-16(15)11-24(27)29-14-23(26)25-19-13-21-18(12-22(19)28-2)17-9-5-6-10-20(17)30-21/h3-10,12-13H,11,14H2,1-2H3,(H,25,26). The van der Waals surface area contributed by atoms with Gasteiger partial charge >= 0.3 is 5.97 Å². The number of carbonyl (C=O) groups excluding carboxylic acids is 2. The fraction of sp³-hybridized carbons (Fsp3) is 0.167. The summed E-state index contributed by atoms with van der Waals surface area (Å²) in [5.74, 6) is -0.422. The van der Waals surface area contributed by atoms with Crippen molar-refractivity contribution < 1.29 is 23.5 Å². The molecule has 0 aliphatic rings. The minimum atomic E-state index is -0.459. The molecule has 3 aromatic carbocycles. The number of anilines is 1. The van der Waals surface area contributed by atoms with Crippen LogP contribution in [0.2, 0.25) is 0 Å². The molecule has 1 N–H and O–H groups in total. The second-order valence-corrected chi connectivity index (χ2v) is 6.96. The van der Waals surface area contributed by atoms with Crippen molar-refractivity contribution >= 4 is 39.5 Å². The first kappa shape index (κ1) is 19.5. The van der Waals surface area contributed by atoms with E-state index in [2.05, 4.69) is 5.32 Å². The van der Waals surface area contributed by atoms with Crippen LogP contribution in [0.15, 0.2) is 65.1 Å². The zero-order chi connectivity index (χ0) is 21.1. The molecule has 0 saturated carbocycles. The Morgan fingerprint density at radius 1 is 0.967 bits per heavy atom. The molecule has 6 heteroatoms. The fourth-order valence-corrected chi connectivity index (χ4v) is 3.37. The van der Waals surface area contributed by atoms with E-state index in [-0.39, 0.29) is 13.0 Å². The van der Waals surface area contributed by atoms with E-state index in [1.807, 2.05) is 61.5 Å². The van der Waals surface area contributed by atoms with Gasteiger partial charge in [-0.05, 0) is 30.2 Å². The van der Waals surface area contributed by atoms with Gasteiger partial charge in [0.05, 0.1) is 19.2 Å². The lowest BCUT2D eigenvalue weighted by molar-refractivity contribution is -0.146. The van der Waals surface area contributed by atoms with Gasteiger partial charge in [-0.3, -0.25) is 9.59 Å². The van der Waals surface area contributed by atoms with Gasteiger partial charge in [-0.15, -0.1) is 0 Å². The summed E-state index contributed by atoms with van der Waals surface area (Å²) < 4.78 is 16.4. The number of benzene rings is 3. The molecule has 0 fully saturated rings. The fourth-order valence-electron chi connectivity index (χ4n) is 3.37. The summed E-state index contributed by atoms with van der Waals surface area (Å²) in [7, 11) is 1.53. The second-order valence-electron chi connectivity index (χ2n) is 6.96. The van der Waals surface area contributed by atoms with Crippen LogP contribution < -0.4 is 10.1 Å². The quantitative estimate of drug-likeness (QED) is 0.475. The molecule has 1 heterocycles. The summed E-state index contributed by atoms with van der Waals surface area (Å²) in [5, 5.41) is 4.59. The highest BCUT2D eigenvalue weighted by Crippen LogP contribution is 2.36. The van der Waals surface area contributed by atoms with Crippen LogP contribution in [0.5, 0.6) is 5.75 Å². The summed E-state index contributed by atoms with van der Waals surface area (Å²) in [5.41, 5.74) is 3.71. The Kier molecular flexibility index (Phi) is 5.39. The maximum atomic E-state index is 12.3. The second kappa shape index (κ2) is 8.29. The van der Waals surface area contributed by atoms with Crippen molar-refractivity contribution in [3.8, 4) is 5.75 Å². The molecule has 1 amide bonds. The molecular weight excluding hydrogens is 382 g/mol. The molecule has 0 bridgehead atoms. The third kappa shape index (κ3) is 3.98. The van der Waals surface area contributed by atoms with Crippen molar-refractivity contribution in [1.82, 2.24) is 0 Å². The number of nitrogens with one attached hydrogen (secondary N) is 1. The first-order valence-electron chi connectivity index (χ1n) is 9.54. The molecule has 1 aromatic heterocycles. The average Bonchev–Trinajstić information content (AvgIpc) is 3.10. The Balaban J connectivity index is 1.45. The van der Waals surface area contributed by atoms with Crippen molar-refractivity contribution in [3.63, 3.8) is 0 Å². The molecule has 0 radical (unpaired) electrons. The first-order valence-corrected chi connectivity index (χ1v) is 9.54. The number of carbonyl (C=O) groups is 2.